The number of carbonyl (C=O) groups is 1. The Morgan fingerprint density at radius 2 is 1.77 bits per heavy atom. The highest BCUT2D eigenvalue weighted by atomic mass is 32.2. The molecule has 4 aromatic rings. The van der Waals surface area contributed by atoms with Crippen molar-refractivity contribution >= 4 is 33.2 Å². The number of Topliss-reactive ketones (excluding diaryl/α,β-unsaturated/α-hetero) is 1. The largest absolute Gasteiger partial charge is 0.416 e. The highest BCUT2D eigenvalue weighted by molar-refractivity contribution is 7.89. The fraction of sp³-hybridized carbons (Fsp3) is 0.222. The fourth-order valence-electron chi connectivity index (χ4n) is 5.30. The number of alkyl halides is 3. The van der Waals surface area contributed by atoms with Crippen LogP contribution in [0.3, 0.4) is 0 Å². The summed E-state index contributed by atoms with van der Waals surface area (Å²) in [5, 5.41) is 6.21. The number of ketones is 1. The molecule has 0 N–H and O–H groups in total. The molecule has 0 saturated carbocycles. The van der Waals surface area contributed by atoms with Crippen molar-refractivity contribution in [3.05, 3.63) is 99.5 Å². The zero-order valence-electron chi connectivity index (χ0n) is 20.5. The maximum atomic E-state index is 13.8. The van der Waals surface area contributed by atoms with Crippen LogP contribution in [0.15, 0.2) is 76.8 Å². The van der Waals surface area contributed by atoms with Crippen LogP contribution in [0, 0.1) is 11.7 Å². The summed E-state index contributed by atoms with van der Waals surface area (Å²) in [6.07, 6.45) is 0.986. The number of carbonyl (C=O) groups excluding carboxylic acids is 1. The molecule has 2 aromatic heterocycles. The molecule has 6 rings (SSSR count). The number of nitrogens with zero attached hydrogens (tertiary/aromatic N) is 4. The SMILES string of the molecule is O=C(c1nccs1)[C@@H]1C2Cc3cnn(-c4ccc(F)cc4)c3C=C2CCN1S(=O)(=O)c1ccc(C(F)(F)F)cc1. The number of thiazole rings is 1. The molecule has 2 aromatic carbocycles. The van der Waals surface area contributed by atoms with Crippen molar-refractivity contribution in [3.8, 4) is 5.69 Å². The van der Waals surface area contributed by atoms with Gasteiger partial charge in [-0.25, -0.2) is 22.5 Å². The Kier molecular flexibility index (Phi) is 6.47. The highest BCUT2D eigenvalue weighted by Gasteiger charge is 2.47. The van der Waals surface area contributed by atoms with Crippen LogP contribution in [0.2, 0.25) is 0 Å². The molecular weight excluding hydrogens is 568 g/mol. The third-order valence-electron chi connectivity index (χ3n) is 7.21. The molecule has 40 heavy (non-hydrogen) atoms. The van der Waals surface area contributed by atoms with Crippen molar-refractivity contribution in [2.75, 3.05) is 6.54 Å². The predicted octanol–water partition coefficient (Wildman–Crippen LogP) is 5.39. The first kappa shape index (κ1) is 26.5. The number of piperidine rings is 1. The number of hydrogen-bond acceptors (Lipinski definition) is 6. The smallest absolute Gasteiger partial charge is 0.290 e. The van der Waals surface area contributed by atoms with Crippen molar-refractivity contribution in [1.82, 2.24) is 19.1 Å². The lowest BCUT2D eigenvalue weighted by Gasteiger charge is -2.42. The zero-order valence-corrected chi connectivity index (χ0v) is 22.2. The molecule has 1 aliphatic heterocycles. The van der Waals surface area contributed by atoms with Crippen molar-refractivity contribution in [2.24, 2.45) is 5.92 Å². The van der Waals surface area contributed by atoms with E-state index in [2.05, 4.69) is 10.1 Å². The fourth-order valence-corrected chi connectivity index (χ4v) is 7.53. The minimum absolute atomic E-state index is 0.0481. The zero-order chi connectivity index (χ0) is 28.2. The van der Waals surface area contributed by atoms with Gasteiger partial charge in [-0.05, 0) is 73.0 Å². The second kappa shape index (κ2) is 9.75. The average Bonchev–Trinajstić information content (AvgIpc) is 3.61. The third-order valence-corrected chi connectivity index (χ3v) is 9.89. The standard InChI is InChI=1S/C27H20F4N4O3S2/c28-19-3-5-20(6-4-19)35-23-14-16-9-11-34(40(37,38)21-7-1-18(2-8-21)27(29,30)31)24(22(16)13-17(23)15-33-35)25(36)26-32-10-12-39-26/h1-8,10,12,14-15,22,24H,9,11,13H2/t22?,24-/m0/s1. The van der Waals surface area contributed by atoms with Crippen LogP contribution in [-0.4, -0.2) is 45.9 Å². The molecule has 0 radical (unpaired) electrons. The van der Waals surface area contributed by atoms with E-state index >= 15 is 0 Å². The summed E-state index contributed by atoms with van der Waals surface area (Å²) in [6, 6.07) is 7.97. The summed E-state index contributed by atoms with van der Waals surface area (Å²) in [5.41, 5.74) is 2.07. The average molecular weight is 589 g/mol. The van der Waals surface area contributed by atoms with E-state index in [-0.39, 0.29) is 22.3 Å². The van der Waals surface area contributed by atoms with E-state index in [0.717, 1.165) is 56.7 Å². The summed E-state index contributed by atoms with van der Waals surface area (Å²) in [5.74, 6) is -1.39. The maximum absolute atomic E-state index is 13.8. The van der Waals surface area contributed by atoms with Gasteiger partial charge >= 0.3 is 6.18 Å². The number of aromatic nitrogens is 3. The van der Waals surface area contributed by atoms with E-state index in [1.54, 1.807) is 28.4 Å². The molecule has 1 unspecified atom stereocenters. The van der Waals surface area contributed by atoms with Gasteiger partial charge in [-0.2, -0.15) is 22.6 Å². The van der Waals surface area contributed by atoms with Gasteiger partial charge in [-0.1, -0.05) is 5.57 Å². The molecule has 2 atom stereocenters. The minimum Gasteiger partial charge on any atom is -0.290 e. The normalized spacial score (nSPS) is 19.6. The Hall–Kier alpha value is -3.68. The second-order valence-electron chi connectivity index (χ2n) is 9.51. The number of halogens is 4. The molecule has 1 saturated heterocycles. The van der Waals surface area contributed by atoms with Gasteiger partial charge in [0.15, 0.2) is 5.01 Å². The van der Waals surface area contributed by atoms with Crippen LogP contribution < -0.4 is 0 Å². The lowest BCUT2D eigenvalue weighted by atomic mass is 9.76. The minimum atomic E-state index is -4.62. The monoisotopic (exact) mass is 588 g/mol. The number of hydrogen-bond donors (Lipinski definition) is 0. The van der Waals surface area contributed by atoms with Crippen LogP contribution in [0.1, 0.15) is 33.0 Å². The van der Waals surface area contributed by atoms with E-state index < -0.39 is 39.5 Å². The Labute approximate surface area is 230 Å². The van der Waals surface area contributed by atoms with Crippen molar-refractivity contribution in [2.45, 2.75) is 30.0 Å². The molecule has 13 heteroatoms. The quantitative estimate of drug-likeness (QED) is 0.231. The van der Waals surface area contributed by atoms with Crippen LogP contribution in [0.4, 0.5) is 17.6 Å². The number of sulfonamides is 1. The van der Waals surface area contributed by atoms with Crippen molar-refractivity contribution < 1.29 is 30.8 Å². The number of rotatable bonds is 5. The van der Waals surface area contributed by atoms with Crippen molar-refractivity contribution in [1.29, 1.82) is 0 Å². The van der Waals surface area contributed by atoms with Crippen LogP contribution in [0.5, 0.6) is 0 Å². The number of benzene rings is 2. The Morgan fingerprint density at radius 3 is 2.42 bits per heavy atom. The first-order chi connectivity index (χ1) is 19.0. The summed E-state index contributed by atoms with van der Waals surface area (Å²) in [7, 11) is -4.34. The Bertz CT molecular complexity index is 1710. The third kappa shape index (κ3) is 4.57. The molecule has 1 aliphatic carbocycles. The predicted molar refractivity (Wildman–Crippen MR) is 139 cm³/mol. The lowest BCUT2D eigenvalue weighted by Crippen LogP contribution is -2.54. The summed E-state index contributed by atoms with van der Waals surface area (Å²) in [6.45, 7) is -0.0481. The Balaban J connectivity index is 1.40. The molecule has 3 heterocycles. The molecule has 1 fully saturated rings. The van der Waals surface area contributed by atoms with E-state index in [0.29, 0.717) is 18.5 Å². The lowest BCUT2D eigenvalue weighted by molar-refractivity contribution is -0.137. The van der Waals surface area contributed by atoms with Gasteiger partial charge in [0.05, 0.1) is 34.1 Å². The van der Waals surface area contributed by atoms with E-state index in [4.69, 9.17) is 0 Å². The van der Waals surface area contributed by atoms with E-state index in [1.807, 2.05) is 6.08 Å². The number of fused-ring (bicyclic) bond motifs is 2. The first-order valence-electron chi connectivity index (χ1n) is 12.2. The van der Waals surface area contributed by atoms with Gasteiger partial charge in [-0.3, -0.25) is 4.79 Å². The molecule has 206 valence electrons. The van der Waals surface area contributed by atoms with Gasteiger partial charge in [0, 0.05) is 24.0 Å². The molecule has 0 bridgehead atoms. The topological polar surface area (TPSA) is 85.2 Å². The Morgan fingerprint density at radius 1 is 1.05 bits per heavy atom. The van der Waals surface area contributed by atoms with Crippen LogP contribution in [-0.2, 0) is 22.6 Å². The van der Waals surface area contributed by atoms with Gasteiger partial charge in [0.25, 0.3) is 0 Å². The highest BCUT2D eigenvalue weighted by Crippen LogP contribution is 2.42. The van der Waals surface area contributed by atoms with Crippen LogP contribution >= 0.6 is 11.3 Å². The molecule has 2 aliphatic rings. The van der Waals surface area contributed by atoms with Gasteiger partial charge in [0.2, 0.25) is 15.8 Å². The van der Waals surface area contributed by atoms with E-state index in [1.165, 1.54) is 18.3 Å². The molecule has 0 amide bonds. The van der Waals surface area contributed by atoms with Gasteiger partial charge < -0.3 is 0 Å². The summed E-state index contributed by atoms with van der Waals surface area (Å²) >= 11 is 1.09. The van der Waals surface area contributed by atoms with E-state index in [9.17, 15) is 30.8 Å². The van der Waals surface area contributed by atoms with Gasteiger partial charge in [0.1, 0.15) is 5.82 Å². The first-order valence-corrected chi connectivity index (χ1v) is 14.5. The molecular formula is C27H20F4N4O3S2. The molecule has 0 spiro atoms. The maximum Gasteiger partial charge on any atom is 0.416 e. The molecule has 7 nitrogen and oxygen atoms in total. The summed E-state index contributed by atoms with van der Waals surface area (Å²) in [4.78, 5) is 17.5. The second-order valence-corrected chi connectivity index (χ2v) is 12.3. The summed E-state index contributed by atoms with van der Waals surface area (Å²) < 4.78 is 83.1. The van der Waals surface area contributed by atoms with Crippen molar-refractivity contribution in [3.63, 3.8) is 0 Å². The van der Waals surface area contributed by atoms with Crippen LogP contribution in [0.25, 0.3) is 11.8 Å². The van der Waals surface area contributed by atoms with Gasteiger partial charge in [-0.15, -0.1) is 11.3 Å².